The zero-order valence-corrected chi connectivity index (χ0v) is 44.5. The SMILES string of the molecule is CC[C@H](C)[C@@H]([C@@H](CC(=O)N1CCC[C@H]1[C@H](OC)[C@@H](C)C(=S)N[C@@H](Cc1ccccc1)C(=O)OC)OC)N(C)[C@H](C(=O)NC(=O)C(C)(C)NC(=O)CCOCCOCCOCCN1C(=O)C=CC1=O)C(C)C. The van der Waals surface area contributed by atoms with Gasteiger partial charge in [0.25, 0.3) is 17.7 Å². The zero-order chi connectivity index (χ0) is 52.8. The van der Waals surface area contributed by atoms with E-state index in [0.29, 0.717) is 30.8 Å². The molecule has 0 aromatic heterocycles. The monoisotopic (exact) mass is 1020 g/mol. The Labute approximate surface area is 425 Å². The number of carbonyl (C=O) groups excluding carboxylic acids is 7. The smallest absolute Gasteiger partial charge is 0.328 e. The van der Waals surface area contributed by atoms with Crippen LogP contribution in [0, 0.1) is 17.8 Å². The number of carbonyl (C=O) groups is 7. The van der Waals surface area contributed by atoms with Crippen LogP contribution >= 0.6 is 12.2 Å². The Balaban J connectivity index is 1.56. The molecule has 3 rings (SSSR count). The number of benzene rings is 1. The van der Waals surface area contributed by atoms with E-state index < -0.39 is 59.6 Å². The number of imide groups is 2. The summed E-state index contributed by atoms with van der Waals surface area (Å²) in [7, 11) is 6.31. The van der Waals surface area contributed by atoms with Crippen LogP contribution in [0.1, 0.15) is 86.1 Å². The van der Waals surface area contributed by atoms with Crippen molar-refractivity contribution in [1.29, 1.82) is 0 Å². The number of hydrogen-bond donors (Lipinski definition) is 3. The van der Waals surface area contributed by atoms with Gasteiger partial charge in [-0.25, -0.2) is 4.79 Å². The lowest BCUT2D eigenvalue weighted by molar-refractivity contribution is -0.143. The van der Waals surface area contributed by atoms with E-state index >= 15 is 0 Å². The molecule has 1 aromatic carbocycles. The molecule has 0 saturated carbocycles. The van der Waals surface area contributed by atoms with Gasteiger partial charge in [0.2, 0.25) is 17.7 Å². The maximum Gasteiger partial charge on any atom is 0.328 e. The predicted octanol–water partition coefficient (Wildman–Crippen LogP) is 3.01. The number of nitrogens with zero attached hydrogens (tertiary/aromatic N) is 3. The maximum atomic E-state index is 14.4. The molecule has 0 unspecified atom stereocenters. The van der Waals surface area contributed by atoms with E-state index in [-0.39, 0.29) is 101 Å². The summed E-state index contributed by atoms with van der Waals surface area (Å²) in [6.45, 7) is 14.7. The Morgan fingerprint density at radius 3 is 2.04 bits per heavy atom. The molecule has 1 aromatic rings. The summed E-state index contributed by atoms with van der Waals surface area (Å²) >= 11 is 5.87. The van der Waals surface area contributed by atoms with Crippen LogP contribution in [0.4, 0.5) is 0 Å². The average molecular weight is 1020 g/mol. The minimum absolute atomic E-state index is 0.0184. The van der Waals surface area contributed by atoms with E-state index in [9.17, 15) is 33.6 Å². The number of esters is 1. The summed E-state index contributed by atoms with van der Waals surface area (Å²) in [5, 5.41) is 8.47. The summed E-state index contributed by atoms with van der Waals surface area (Å²) < 4.78 is 33.7. The van der Waals surface area contributed by atoms with Crippen molar-refractivity contribution in [2.45, 2.75) is 129 Å². The highest BCUT2D eigenvalue weighted by Gasteiger charge is 2.44. The van der Waals surface area contributed by atoms with Gasteiger partial charge in [-0.15, -0.1) is 0 Å². The highest BCUT2D eigenvalue weighted by molar-refractivity contribution is 7.80. The van der Waals surface area contributed by atoms with E-state index in [1.165, 1.54) is 33.1 Å². The first-order chi connectivity index (χ1) is 33.7. The average Bonchev–Trinajstić information content (AvgIpc) is 3.95. The molecule has 2 aliphatic heterocycles. The molecule has 20 heteroatoms. The molecule has 1 saturated heterocycles. The number of amides is 6. The maximum absolute atomic E-state index is 14.4. The first kappa shape index (κ1) is 60.6. The van der Waals surface area contributed by atoms with E-state index in [1.807, 2.05) is 81.8 Å². The Bertz CT molecular complexity index is 1940. The highest BCUT2D eigenvalue weighted by Crippen LogP contribution is 2.31. The standard InChI is InChI=1S/C51H80N6O13S/c1-12-34(4)45(39(65-9)32-43(61)56-23-16-19-38(56)46(66-10)35(5)48(71)52-37(49(63)67-11)31-36-17-14-13-15-18-36)55(8)44(33(2)3)47(62)53-50(64)51(6,7)54-40(58)22-25-68-27-29-70-30-28-69-26-24-57-41(59)20-21-42(57)60/h13-15,17-18,20-21,33-35,37-39,44-46H,12,16,19,22-32H2,1-11H3,(H,52,71)(H,54,58)(H,53,62,64)/t34-,35+,37-,38-,39+,44-,45-,46+/m0/s1. The van der Waals surface area contributed by atoms with Crippen molar-refractivity contribution in [3.8, 4) is 0 Å². The molecule has 0 radical (unpaired) electrons. The summed E-state index contributed by atoms with van der Waals surface area (Å²) in [4.78, 5) is 96.4. The Morgan fingerprint density at radius 2 is 1.48 bits per heavy atom. The van der Waals surface area contributed by atoms with Crippen molar-refractivity contribution in [2.75, 3.05) is 81.1 Å². The third-order valence-electron chi connectivity index (χ3n) is 13.2. The molecule has 6 amide bonds. The zero-order valence-electron chi connectivity index (χ0n) is 43.7. The molecule has 0 aliphatic carbocycles. The fourth-order valence-corrected chi connectivity index (χ4v) is 9.42. The van der Waals surface area contributed by atoms with Crippen molar-refractivity contribution < 1.29 is 62.0 Å². The van der Waals surface area contributed by atoms with Crippen molar-refractivity contribution in [1.82, 2.24) is 30.7 Å². The molecule has 2 heterocycles. The normalized spacial score (nSPS) is 18.0. The number of thiocarbonyl (C=S) groups is 1. The third kappa shape index (κ3) is 18.4. The van der Waals surface area contributed by atoms with Crippen molar-refractivity contribution in [2.24, 2.45) is 17.8 Å². The number of likely N-dealkylation sites (tertiary alicyclic amines) is 1. The fourth-order valence-electron chi connectivity index (χ4n) is 9.15. The summed E-state index contributed by atoms with van der Waals surface area (Å²) in [6.07, 6.45) is 3.83. The van der Waals surface area contributed by atoms with Gasteiger partial charge < -0.3 is 44.0 Å². The van der Waals surface area contributed by atoms with Crippen molar-refractivity contribution in [3.05, 3.63) is 48.0 Å². The first-order valence-corrected chi connectivity index (χ1v) is 25.1. The van der Waals surface area contributed by atoms with Gasteiger partial charge >= 0.3 is 5.97 Å². The molecule has 2 aliphatic rings. The number of nitrogens with one attached hydrogen (secondary N) is 3. The van der Waals surface area contributed by atoms with Crippen LogP contribution < -0.4 is 16.0 Å². The number of rotatable bonds is 32. The van der Waals surface area contributed by atoms with Gasteiger partial charge in [0.05, 0.1) is 89.0 Å². The quantitative estimate of drug-likeness (QED) is 0.0409. The number of ether oxygens (including phenoxy) is 6. The Hall–Kier alpha value is -4.70. The van der Waals surface area contributed by atoms with E-state index in [4.69, 9.17) is 40.6 Å². The van der Waals surface area contributed by atoms with Crippen molar-refractivity contribution >= 4 is 58.6 Å². The lowest BCUT2D eigenvalue weighted by Gasteiger charge is -2.43. The number of methoxy groups -OCH3 is 3. The van der Waals surface area contributed by atoms with Gasteiger partial charge in [0.15, 0.2) is 0 Å². The largest absolute Gasteiger partial charge is 0.467 e. The molecule has 8 atom stereocenters. The van der Waals surface area contributed by atoms with Crippen molar-refractivity contribution in [3.63, 3.8) is 0 Å². The Morgan fingerprint density at radius 1 is 0.873 bits per heavy atom. The van der Waals surface area contributed by atoms with Crippen LogP contribution in [0.2, 0.25) is 0 Å². The Kier molecular flexibility index (Phi) is 25.9. The van der Waals surface area contributed by atoms with E-state index in [1.54, 1.807) is 14.2 Å². The summed E-state index contributed by atoms with van der Waals surface area (Å²) in [6, 6.07) is 7.32. The highest BCUT2D eigenvalue weighted by atomic mass is 32.1. The lowest BCUT2D eigenvalue weighted by atomic mass is 9.87. The lowest BCUT2D eigenvalue weighted by Crippen LogP contribution is -2.62. The minimum atomic E-state index is -1.45. The van der Waals surface area contributed by atoms with Gasteiger partial charge in [-0.1, -0.05) is 83.6 Å². The molecule has 1 fully saturated rings. The minimum Gasteiger partial charge on any atom is -0.467 e. The molecule has 398 valence electrons. The summed E-state index contributed by atoms with van der Waals surface area (Å²) in [5.41, 5.74) is -0.506. The number of hydrogen-bond acceptors (Lipinski definition) is 15. The molecule has 3 N–H and O–H groups in total. The molecule has 71 heavy (non-hydrogen) atoms. The first-order valence-electron chi connectivity index (χ1n) is 24.6. The topological polar surface area (TPSA) is 221 Å². The van der Waals surface area contributed by atoms with Crippen LogP contribution in [-0.2, 0) is 68.4 Å². The summed E-state index contributed by atoms with van der Waals surface area (Å²) in [5.74, 6) is -3.67. The van der Waals surface area contributed by atoms with Gasteiger partial charge in [-0.2, -0.15) is 0 Å². The van der Waals surface area contributed by atoms with Crippen LogP contribution in [-0.4, -0.2) is 184 Å². The second kappa shape index (κ2) is 30.4. The molecular weight excluding hydrogens is 937 g/mol. The molecule has 0 bridgehead atoms. The van der Waals surface area contributed by atoms with Crippen LogP contribution in [0.15, 0.2) is 42.5 Å². The van der Waals surface area contributed by atoms with Gasteiger partial charge in [-0.05, 0) is 51.1 Å². The second-order valence-corrected chi connectivity index (χ2v) is 19.4. The van der Waals surface area contributed by atoms with Gasteiger partial charge in [0.1, 0.15) is 11.6 Å². The van der Waals surface area contributed by atoms with Gasteiger partial charge in [0, 0.05) is 57.7 Å². The predicted molar refractivity (Wildman–Crippen MR) is 270 cm³/mol. The third-order valence-corrected chi connectivity index (χ3v) is 13.7. The second-order valence-electron chi connectivity index (χ2n) is 19.0. The van der Waals surface area contributed by atoms with Gasteiger partial charge in [-0.3, -0.25) is 43.9 Å². The van der Waals surface area contributed by atoms with Crippen LogP contribution in [0.25, 0.3) is 0 Å². The fraction of sp³-hybridized carbons (Fsp3) is 0.686. The van der Waals surface area contributed by atoms with E-state index in [0.717, 1.165) is 16.9 Å². The molecule has 0 spiro atoms. The molecule has 19 nitrogen and oxygen atoms in total. The van der Waals surface area contributed by atoms with Crippen LogP contribution in [0.3, 0.4) is 0 Å². The van der Waals surface area contributed by atoms with Crippen LogP contribution in [0.5, 0.6) is 0 Å². The van der Waals surface area contributed by atoms with E-state index in [2.05, 4.69) is 16.0 Å². The number of likely N-dealkylation sites (N-methyl/N-ethyl adjacent to an activating group) is 1. The molecular formula is C51H80N6O13S.